The molecule has 2 aromatic carbocycles. The predicted molar refractivity (Wildman–Crippen MR) is 79.7 cm³/mol. The molecule has 0 aromatic heterocycles. The van der Waals surface area contributed by atoms with Gasteiger partial charge in [-0.2, -0.15) is 0 Å². The average Bonchev–Trinajstić information content (AvgIpc) is 3.05. The summed E-state index contributed by atoms with van der Waals surface area (Å²) >= 11 is 0. The zero-order chi connectivity index (χ0) is 14.4. The smallest absolute Gasteiger partial charge is 0.257 e. The Balaban J connectivity index is 1.86. The van der Waals surface area contributed by atoms with Crippen molar-refractivity contribution in [2.45, 2.75) is 25.1 Å². The van der Waals surface area contributed by atoms with E-state index in [1.807, 2.05) is 47.4 Å². The first kappa shape index (κ1) is 12.6. The summed E-state index contributed by atoms with van der Waals surface area (Å²) in [6.45, 7) is 2.63. The van der Waals surface area contributed by atoms with Crippen LogP contribution < -0.4 is 0 Å². The van der Waals surface area contributed by atoms with E-state index in [0.29, 0.717) is 6.61 Å². The van der Waals surface area contributed by atoms with Gasteiger partial charge in [-0.3, -0.25) is 9.69 Å². The fraction of sp³-hybridized carbons (Fsp3) is 0.278. The van der Waals surface area contributed by atoms with Crippen molar-refractivity contribution in [1.82, 2.24) is 4.90 Å². The fourth-order valence-corrected chi connectivity index (χ4v) is 3.65. The first-order valence-electron chi connectivity index (χ1n) is 7.40. The lowest BCUT2D eigenvalue weighted by Gasteiger charge is -2.33. The summed E-state index contributed by atoms with van der Waals surface area (Å²) in [5.74, 6) is 0.0822. The predicted octanol–water partition coefficient (Wildman–Crippen LogP) is 3.48. The summed E-state index contributed by atoms with van der Waals surface area (Å²) in [4.78, 5) is 14.8. The van der Waals surface area contributed by atoms with Gasteiger partial charge in [0.2, 0.25) is 0 Å². The number of hydrogen-bond donors (Lipinski definition) is 0. The van der Waals surface area contributed by atoms with Gasteiger partial charge in [-0.25, -0.2) is 0 Å². The summed E-state index contributed by atoms with van der Waals surface area (Å²) in [6.07, 6.45) is 0.763. The van der Waals surface area contributed by atoms with Crippen molar-refractivity contribution in [2.75, 3.05) is 6.61 Å². The van der Waals surface area contributed by atoms with Crippen molar-refractivity contribution in [2.24, 2.45) is 0 Å². The molecule has 3 nitrogen and oxygen atoms in total. The Bertz CT molecular complexity index is 697. The van der Waals surface area contributed by atoms with Crippen LogP contribution in [-0.2, 0) is 10.5 Å². The van der Waals surface area contributed by atoms with Gasteiger partial charge in [0.25, 0.3) is 5.91 Å². The second-order valence-corrected chi connectivity index (χ2v) is 5.60. The molecule has 4 rings (SSSR count). The SMILES string of the molecule is CCC12OCC(c3ccccc3)N1C(=O)c1ccccc12. The molecule has 2 aliphatic heterocycles. The van der Waals surface area contributed by atoms with E-state index in [4.69, 9.17) is 4.74 Å². The van der Waals surface area contributed by atoms with Gasteiger partial charge in [-0.1, -0.05) is 55.5 Å². The van der Waals surface area contributed by atoms with Gasteiger partial charge in [0.1, 0.15) is 0 Å². The number of amides is 1. The van der Waals surface area contributed by atoms with E-state index >= 15 is 0 Å². The van der Waals surface area contributed by atoms with Crippen LogP contribution in [0, 0.1) is 0 Å². The number of benzene rings is 2. The molecule has 0 aliphatic carbocycles. The topological polar surface area (TPSA) is 29.5 Å². The zero-order valence-corrected chi connectivity index (χ0v) is 12.0. The van der Waals surface area contributed by atoms with Crippen molar-refractivity contribution < 1.29 is 9.53 Å². The van der Waals surface area contributed by atoms with Gasteiger partial charge in [0, 0.05) is 11.1 Å². The summed E-state index contributed by atoms with van der Waals surface area (Å²) in [6, 6.07) is 17.9. The highest BCUT2D eigenvalue weighted by molar-refractivity contribution is 6.00. The molecule has 2 unspecified atom stereocenters. The molecule has 0 radical (unpaired) electrons. The Morgan fingerprint density at radius 3 is 2.62 bits per heavy atom. The Kier molecular flexibility index (Phi) is 2.66. The van der Waals surface area contributed by atoms with E-state index in [-0.39, 0.29) is 11.9 Å². The zero-order valence-electron chi connectivity index (χ0n) is 12.0. The lowest BCUT2D eigenvalue weighted by molar-refractivity contribution is -0.0699. The van der Waals surface area contributed by atoms with E-state index in [9.17, 15) is 4.79 Å². The number of nitrogens with zero attached hydrogens (tertiary/aromatic N) is 1. The summed E-state index contributed by atoms with van der Waals surface area (Å²) in [7, 11) is 0. The largest absolute Gasteiger partial charge is 0.349 e. The second kappa shape index (κ2) is 4.43. The highest BCUT2D eigenvalue weighted by atomic mass is 16.5. The lowest BCUT2D eigenvalue weighted by atomic mass is 9.99. The summed E-state index contributed by atoms with van der Waals surface area (Å²) < 4.78 is 6.18. The lowest BCUT2D eigenvalue weighted by Crippen LogP contribution is -2.40. The Hall–Kier alpha value is -2.13. The van der Waals surface area contributed by atoms with Gasteiger partial charge in [0.15, 0.2) is 5.72 Å². The molecule has 2 atom stereocenters. The minimum atomic E-state index is -0.589. The molecule has 0 saturated carbocycles. The van der Waals surface area contributed by atoms with E-state index in [1.54, 1.807) is 0 Å². The van der Waals surface area contributed by atoms with Crippen LogP contribution in [0.3, 0.4) is 0 Å². The Morgan fingerprint density at radius 2 is 1.86 bits per heavy atom. The maximum absolute atomic E-state index is 12.9. The third kappa shape index (κ3) is 1.55. The molecule has 2 aromatic rings. The third-order valence-corrected chi connectivity index (χ3v) is 4.64. The maximum atomic E-state index is 12.9. The number of rotatable bonds is 2. The van der Waals surface area contributed by atoms with Crippen LogP contribution in [-0.4, -0.2) is 17.4 Å². The van der Waals surface area contributed by atoms with Crippen LogP contribution in [0.1, 0.15) is 40.9 Å². The van der Waals surface area contributed by atoms with Crippen LogP contribution in [0.4, 0.5) is 0 Å². The number of fused-ring (bicyclic) bond motifs is 3. The quantitative estimate of drug-likeness (QED) is 0.842. The average molecular weight is 279 g/mol. The monoisotopic (exact) mass is 279 g/mol. The van der Waals surface area contributed by atoms with E-state index in [2.05, 4.69) is 19.1 Å². The highest BCUT2D eigenvalue weighted by Crippen LogP contribution is 2.51. The molecule has 3 heteroatoms. The van der Waals surface area contributed by atoms with Crippen LogP contribution in [0.15, 0.2) is 54.6 Å². The molecule has 1 amide bonds. The van der Waals surface area contributed by atoms with Crippen LogP contribution in [0.2, 0.25) is 0 Å². The number of carbonyl (C=O) groups excluding carboxylic acids is 1. The van der Waals surface area contributed by atoms with Gasteiger partial charge < -0.3 is 4.74 Å². The van der Waals surface area contributed by atoms with E-state index < -0.39 is 5.72 Å². The molecule has 0 spiro atoms. The first-order chi connectivity index (χ1) is 10.3. The van der Waals surface area contributed by atoms with Crippen LogP contribution in [0.5, 0.6) is 0 Å². The molecule has 1 fully saturated rings. The molecule has 2 aliphatic rings. The van der Waals surface area contributed by atoms with Crippen LogP contribution >= 0.6 is 0 Å². The van der Waals surface area contributed by atoms with Crippen molar-refractivity contribution in [3.63, 3.8) is 0 Å². The molecule has 1 saturated heterocycles. The normalized spacial score (nSPS) is 26.8. The molecule has 0 N–H and O–H groups in total. The fourth-order valence-electron chi connectivity index (χ4n) is 3.65. The Morgan fingerprint density at radius 1 is 1.14 bits per heavy atom. The number of carbonyl (C=O) groups is 1. The summed E-state index contributed by atoms with van der Waals surface area (Å²) in [5, 5.41) is 0. The summed E-state index contributed by atoms with van der Waals surface area (Å²) in [5.41, 5.74) is 2.33. The molecule has 2 heterocycles. The minimum Gasteiger partial charge on any atom is -0.349 e. The number of hydrogen-bond acceptors (Lipinski definition) is 2. The van der Waals surface area contributed by atoms with E-state index in [0.717, 1.165) is 23.1 Å². The first-order valence-corrected chi connectivity index (χ1v) is 7.40. The van der Waals surface area contributed by atoms with Gasteiger partial charge in [-0.15, -0.1) is 0 Å². The Labute approximate surface area is 124 Å². The van der Waals surface area contributed by atoms with Crippen molar-refractivity contribution in [1.29, 1.82) is 0 Å². The molecule has 0 bridgehead atoms. The van der Waals surface area contributed by atoms with Gasteiger partial charge in [0.05, 0.1) is 12.6 Å². The minimum absolute atomic E-state index is 0.00829. The molecular weight excluding hydrogens is 262 g/mol. The molecule has 106 valence electrons. The maximum Gasteiger partial charge on any atom is 0.257 e. The standard InChI is InChI=1S/C18H17NO2/c1-2-18-15-11-7-6-10-14(15)17(20)19(18)16(12-21-18)13-8-4-3-5-9-13/h3-11,16H,2,12H2,1H3. The third-order valence-electron chi connectivity index (χ3n) is 4.64. The van der Waals surface area contributed by atoms with Crippen LogP contribution in [0.25, 0.3) is 0 Å². The van der Waals surface area contributed by atoms with Gasteiger partial charge >= 0.3 is 0 Å². The second-order valence-electron chi connectivity index (χ2n) is 5.60. The van der Waals surface area contributed by atoms with Crippen molar-refractivity contribution in [3.05, 3.63) is 71.3 Å². The molecular formula is C18H17NO2. The van der Waals surface area contributed by atoms with Crippen molar-refractivity contribution in [3.8, 4) is 0 Å². The van der Waals surface area contributed by atoms with E-state index in [1.165, 1.54) is 0 Å². The van der Waals surface area contributed by atoms with Gasteiger partial charge in [-0.05, 0) is 18.1 Å². The number of ether oxygens (including phenoxy) is 1. The van der Waals surface area contributed by atoms with Crippen molar-refractivity contribution >= 4 is 5.91 Å². The molecule has 21 heavy (non-hydrogen) atoms. The highest BCUT2D eigenvalue weighted by Gasteiger charge is 2.56.